The maximum atomic E-state index is 11.8. The summed E-state index contributed by atoms with van der Waals surface area (Å²) in [6.07, 6.45) is 4.31. The molecule has 0 unspecified atom stereocenters. The Balaban J connectivity index is 2.04. The maximum absolute atomic E-state index is 11.8. The minimum Gasteiger partial charge on any atom is -0.387 e. The lowest BCUT2D eigenvalue weighted by Crippen LogP contribution is -2.39. The second-order valence-electron chi connectivity index (χ2n) is 5.81. The van der Waals surface area contributed by atoms with Gasteiger partial charge in [0.2, 0.25) is 11.8 Å². The summed E-state index contributed by atoms with van der Waals surface area (Å²) in [6.45, 7) is 2.28. The van der Waals surface area contributed by atoms with Gasteiger partial charge in [0.15, 0.2) is 0 Å². The molecule has 0 aromatic carbocycles. The zero-order valence-corrected chi connectivity index (χ0v) is 13.8. The molecule has 0 aromatic rings. The highest BCUT2D eigenvalue weighted by atomic mass is 16.5. The molecule has 0 heterocycles. The van der Waals surface area contributed by atoms with Crippen LogP contribution in [0.4, 0.5) is 0 Å². The Morgan fingerprint density at radius 2 is 1.78 bits per heavy atom. The van der Waals surface area contributed by atoms with E-state index in [0.29, 0.717) is 32.0 Å². The summed E-state index contributed by atoms with van der Waals surface area (Å²) in [5.74, 6) is 0.0141. The van der Waals surface area contributed by atoms with E-state index >= 15 is 0 Å². The Labute approximate surface area is 137 Å². The van der Waals surface area contributed by atoms with Gasteiger partial charge in [-0.2, -0.15) is 0 Å². The molecule has 0 saturated heterocycles. The van der Waals surface area contributed by atoms with E-state index in [1.165, 1.54) is 0 Å². The number of carbonyl (C=O) groups is 3. The van der Waals surface area contributed by atoms with Gasteiger partial charge in [0.25, 0.3) is 0 Å². The monoisotopic (exact) mass is 328 g/mol. The number of hydrogen-bond acceptors (Lipinski definition) is 5. The van der Waals surface area contributed by atoms with Crippen molar-refractivity contribution in [3.63, 3.8) is 0 Å². The zero-order valence-electron chi connectivity index (χ0n) is 13.8. The molecule has 0 spiro atoms. The summed E-state index contributed by atoms with van der Waals surface area (Å²) in [5, 5.41) is 13.9. The Kier molecular flexibility index (Phi) is 9.47. The minimum absolute atomic E-state index is 0.0466. The van der Waals surface area contributed by atoms with Crippen LogP contribution in [0, 0.1) is 5.92 Å². The van der Waals surface area contributed by atoms with Gasteiger partial charge >= 0.3 is 0 Å². The lowest BCUT2D eigenvalue weighted by molar-refractivity contribution is -0.125. The number of hydrogen-bond donors (Lipinski definition) is 3. The minimum atomic E-state index is -0.533. The molecule has 0 aliphatic heterocycles. The van der Waals surface area contributed by atoms with Gasteiger partial charge < -0.3 is 20.5 Å². The van der Waals surface area contributed by atoms with Crippen LogP contribution in [-0.4, -0.2) is 55.1 Å². The Bertz CT molecular complexity index is 392. The molecule has 0 radical (unpaired) electrons. The van der Waals surface area contributed by atoms with Crippen molar-refractivity contribution in [3.8, 4) is 0 Å². The summed E-state index contributed by atoms with van der Waals surface area (Å²) < 4.78 is 5.25. The van der Waals surface area contributed by atoms with Crippen LogP contribution in [0.15, 0.2) is 0 Å². The average Bonchev–Trinajstić information content (AvgIpc) is 2.57. The van der Waals surface area contributed by atoms with Crippen molar-refractivity contribution in [2.75, 3.05) is 26.4 Å². The van der Waals surface area contributed by atoms with Crippen molar-refractivity contribution in [2.24, 2.45) is 5.92 Å². The van der Waals surface area contributed by atoms with Crippen molar-refractivity contribution in [2.45, 2.75) is 51.5 Å². The summed E-state index contributed by atoms with van der Waals surface area (Å²) in [5.41, 5.74) is 0. The van der Waals surface area contributed by atoms with Crippen molar-refractivity contribution in [1.29, 1.82) is 0 Å². The third-order valence-electron chi connectivity index (χ3n) is 4.08. The first kappa shape index (κ1) is 19.6. The van der Waals surface area contributed by atoms with E-state index in [-0.39, 0.29) is 24.3 Å². The number of Topliss-reactive ketones (excluding diaryl/α,β-unsaturated/α-hetero) is 1. The number of aliphatic hydroxyl groups excluding tert-OH is 1. The molecule has 1 fully saturated rings. The number of ketones is 1. The number of nitrogens with one attached hydrogen (secondary N) is 2. The molecular formula is C16H28N2O5. The fraction of sp³-hybridized carbons (Fsp3) is 0.812. The van der Waals surface area contributed by atoms with Gasteiger partial charge in [-0.3, -0.25) is 14.4 Å². The molecule has 23 heavy (non-hydrogen) atoms. The molecule has 0 aromatic heterocycles. The molecular weight excluding hydrogens is 300 g/mol. The molecule has 1 aliphatic carbocycles. The predicted molar refractivity (Wildman–Crippen MR) is 84.7 cm³/mol. The highest BCUT2D eigenvalue weighted by molar-refractivity contribution is 5.81. The van der Waals surface area contributed by atoms with Gasteiger partial charge in [0.05, 0.1) is 13.2 Å². The second-order valence-corrected chi connectivity index (χ2v) is 5.81. The zero-order chi connectivity index (χ0) is 17.1. The number of rotatable bonds is 10. The van der Waals surface area contributed by atoms with Gasteiger partial charge in [-0.25, -0.2) is 0 Å². The van der Waals surface area contributed by atoms with Crippen LogP contribution >= 0.6 is 0 Å². The van der Waals surface area contributed by atoms with Gasteiger partial charge in [0, 0.05) is 31.3 Å². The van der Waals surface area contributed by atoms with Crippen LogP contribution in [0.1, 0.15) is 45.4 Å². The van der Waals surface area contributed by atoms with Crippen molar-refractivity contribution < 1.29 is 24.2 Å². The first-order valence-electron chi connectivity index (χ1n) is 8.34. The topological polar surface area (TPSA) is 105 Å². The third kappa shape index (κ3) is 8.08. The van der Waals surface area contributed by atoms with Crippen LogP contribution in [0.3, 0.4) is 0 Å². The van der Waals surface area contributed by atoms with E-state index in [0.717, 1.165) is 25.7 Å². The van der Waals surface area contributed by atoms with Gasteiger partial charge in [-0.1, -0.05) is 6.92 Å². The third-order valence-corrected chi connectivity index (χ3v) is 4.08. The van der Waals surface area contributed by atoms with E-state index in [9.17, 15) is 14.4 Å². The standard InChI is InChI=1S/C16H28N2O5/c1-2-14(20)12-3-5-13(6-4-12)18-15(21)7-9-23-10-8-17-16(22)11-19/h12-13,19H,2-11H2,1H3,(H,17,22)(H,18,21). The maximum Gasteiger partial charge on any atom is 0.245 e. The Morgan fingerprint density at radius 1 is 1.09 bits per heavy atom. The van der Waals surface area contributed by atoms with Crippen molar-refractivity contribution in [3.05, 3.63) is 0 Å². The normalized spacial score (nSPS) is 20.8. The fourth-order valence-electron chi connectivity index (χ4n) is 2.73. The number of amides is 2. The molecule has 132 valence electrons. The van der Waals surface area contributed by atoms with Gasteiger partial charge in [-0.15, -0.1) is 0 Å². The smallest absolute Gasteiger partial charge is 0.245 e. The SMILES string of the molecule is CCC(=O)C1CCC(NC(=O)CCOCCNC(=O)CO)CC1. The highest BCUT2D eigenvalue weighted by Gasteiger charge is 2.25. The second kappa shape index (κ2) is 11.1. The molecule has 1 saturated carbocycles. The predicted octanol–water partition coefficient (Wildman–Crippen LogP) is 0.156. The quantitative estimate of drug-likeness (QED) is 0.495. The van der Waals surface area contributed by atoms with Crippen molar-refractivity contribution in [1.82, 2.24) is 10.6 Å². The molecule has 3 N–H and O–H groups in total. The van der Waals surface area contributed by atoms with Gasteiger partial charge in [0.1, 0.15) is 12.4 Å². The molecule has 7 nitrogen and oxygen atoms in total. The fourth-order valence-corrected chi connectivity index (χ4v) is 2.73. The van der Waals surface area contributed by atoms with Crippen LogP contribution < -0.4 is 10.6 Å². The summed E-state index contributed by atoms with van der Waals surface area (Å²) in [4.78, 5) is 34.2. The van der Waals surface area contributed by atoms with E-state index in [1.54, 1.807) is 0 Å². The van der Waals surface area contributed by atoms with E-state index in [2.05, 4.69) is 10.6 Å². The van der Waals surface area contributed by atoms with E-state index in [1.807, 2.05) is 6.92 Å². The van der Waals surface area contributed by atoms with Crippen molar-refractivity contribution >= 4 is 17.6 Å². The summed E-state index contributed by atoms with van der Waals surface area (Å²) in [6, 6.07) is 0.159. The van der Waals surface area contributed by atoms with Crippen LogP contribution in [0.5, 0.6) is 0 Å². The largest absolute Gasteiger partial charge is 0.387 e. The molecule has 7 heteroatoms. The van der Waals surface area contributed by atoms with E-state index in [4.69, 9.17) is 9.84 Å². The van der Waals surface area contributed by atoms with Crippen LogP contribution in [0.2, 0.25) is 0 Å². The molecule has 0 atom stereocenters. The average molecular weight is 328 g/mol. The highest BCUT2D eigenvalue weighted by Crippen LogP contribution is 2.25. The lowest BCUT2D eigenvalue weighted by Gasteiger charge is -2.28. The number of aliphatic hydroxyl groups is 1. The van der Waals surface area contributed by atoms with Gasteiger partial charge in [-0.05, 0) is 25.7 Å². The first-order valence-corrected chi connectivity index (χ1v) is 8.34. The van der Waals surface area contributed by atoms with E-state index < -0.39 is 12.5 Å². The lowest BCUT2D eigenvalue weighted by atomic mass is 9.83. The first-order chi connectivity index (χ1) is 11.1. The Morgan fingerprint density at radius 3 is 2.39 bits per heavy atom. The summed E-state index contributed by atoms with van der Waals surface area (Å²) in [7, 11) is 0. The summed E-state index contributed by atoms with van der Waals surface area (Å²) >= 11 is 0. The Hall–Kier alpha value is -1.47. The number of carbonyl (C=O) groups excluding carboxylic acids is 3. The van der Waals surface area contributed by atoms with Crippen LogP contribution in [0.25, 0.3) is 0 Å². The molecule has 0 bridgehead atoms. The molecule has 2 amide bonds. The van der Waals surface area contributed by atoms with Crippen LogP contribution in [-0.2, 0) is 19.1 Å². The molecule has 1 rings (SSSR count). The number of ether oxygens (including phenoxy) is 1. The molecule has 1 aliphatic rings.